The van der Waals surface area contributed by atoms with Crippen molar-refractivity contribution in [1.82, 2.24) is 0 Å². The molecule has 0 unspecified atom stereocenters. The summed E-state index contributed by atoms with van der Waals surface area (Å²) < 4.78 is 0. The van der Waals surface area contributed by atoms with E-state index >= 15 is 0 Å². The lowest BCUT2D eigenvalue weighted by Gasteiger charge is -2.03. The van der Waals surface area contributed by atoms with Crippen LogP contribution in [-0.4, -0.2) is 0 Å². The molecule has 102 valence electrons. The number of rotatable bonds is 12. The Morgan fingerprint density at radius 3 is 1.76 bits per heavy atom. The zero-order valence-electron chi connectivity index (χ0n) is 12.5. The smallest absolute Gasteiger partial charge is 0.0351 e. The van der Waals surface area contributed by atoms with Gasteiger partial charge in [0.1, 0.15) is 0 Å². The fourth-order valence-electron chi connectivity index (χ4n) is 2.09. The minimum absolute atomic E-state index is 0.887. The maximum Gasteiger partial charge on any atom is -0.0351 e. The summed E-state index contributed by atoms with van der Waals surface area (Å²) in [5.41, 5.74) is 0. The minimum Gasteiger partial charge on any atom is -0.0885 e. The van der Waals surface area contributed by atoms with Crippen molar-refractivity contribution < 1.29 is 0 Å². The first kappa shape index (κ1) is 16.7. The lowest BCUT2D eigenvalue weighted by molar-refractivity contribution is 0.521. The summed E-state index contributed by atoms with van der Waals surface area (Å²) in [4.78, 5) is 0. The molecule has 0 rings (SSSR count). The Balaban J connectivity index is 3.04. The van der Waals surface area contributed by atoms with E-state index in [0.29, 0.717) is 0 Å². The zero-order chi connectivity index (χ0) is 12.8. The lowest BCUT2D eigenvalue weighted by Crippen LogP contribution is -1.86. The Morgan fingerprint density at radius 2 is 1.24 bits per heavy atom. The maximum absolute atomic E-state index is 2.40. The van der Waals surface area contributed by atoms with Crippen molar-refractivity contribution in [2.24, 2.45) is 5.92 Å². The van der Waals surface area contributed by atoms with Crippen molar-refractivity contribution in [1.29, 1.82) is 0 Å². The highest BCUT2D eigenvalue weighted by molar-refractivity contribution is 4.81. The van der Waals surface area contributed by atoms with Crippen LogP contribution in [0, 0.1) is 5.92 Å². The molecular weight excluding hydrogens is 204 g/mol. The average Bonchev–Trinajstić information content (AvgIpc) is 2.30. The molecule has 0 aromatic carbocycles. The third-order valence-corrected chi connectivity index (χ3v) is 3.29. The quantitative estimate of drug-likeness (QED) is 0.268. The van der Waals surface area contributed by atoms with Gasteiger partial charge in [-0.1, -0.05) is 77.9 Å². The van der Waals surface area contributed by atoms with Crippen molar-refractivity contribution in [3.8, 4) is 0 Å². The van der Waals surface area contributed by atoms with Gasteiger partial charge in [-0.05, 0) is 31.6 Å². The van der Waals surface area contributed by atoms with Crippen LogP contribution in [0.2, 0.25) is 0 Å². The minimum atomic E-state index is 0.887. The fourth-order valence-corrected chi connectivity index (χ4v) is 2.09. The Labute approximate surface area is 110 Å². The van der Waals surface area contributed by atoms with E-state index < -0.39 is 0 Å². The first-order valence-corrected chi connectivity index (χ1v) is 7.92. The molecular formula is C17H34. The molecule has 0 atom stereocenters. The van der Waals surface area contributed by atoms with Gasteiger partial charge in [-0.3, -0.25) is 0 Å². The molecule has 0 aliphatic carbocycles. The van der Waals surface area contributed by atoms with Gasteiger partial charge in [0, 0.05) is 0 Å². The van der Waals surface area contributed by atoms with Crippen LogP contribution in [-0.2, 0) is 0 Å². The molecule has 0 aliphatic heterocycles. The van der Waals surface area contributed by atoms with E-state index in [2.05, 4.69) is 32.9 Å². The second-order valence-corrected chi connectivity index (χ2v) is 5.71. The van der Waals surface area contributed by atoms with Crippen LogP contribution >= 0.6 is 0 Å². The van der Waals surface area contributed by atoms with E-state index in [1.807, 2.05) is 0 Å². The van der Waals surface area contributed by atoms with Gasteiger partial charge in [0.25, 0.3) is 0 Å². The van der Waals surface area contributed by atoms with Crippen molar-refractivity contribution in [2.45, 2.75) is 91.4 Å². The van der Waals surface area contributed by atoms with Crippen LogP contribution in [0.25, 0.3) is 0 Å². The van der Waals surface area contributed by atoms with Gasteiger partial charge < -0.3 is 0 Å². The molecule has 0 nitrogen and oxygen atoms in total. The van der Waals surface area contributed by atoms with Gasteiger partial charge in [-0.2, -0.15) is 0 Å². The zero-order valence-corrected chi connectivity index (χ0v) is 12.5. The van der Waals surface area contributed by atoms with E-state index in [0.717, 1.165) is 5.92 Å². The van der Waals surface area contributed by atoms with Crippen LogP contribution in [0.15, 0.2) is 12.2 Å². The molecule has 0 N–H and O–H groups in total. The second kappa shape index (κ2) is 13.8. The highest BCUT2D eigenvalue weighted by Gasteiger charge is 1.93. The number of hydrogen-bond donors (Lipinski definition) is 0. The van der Waals surface area contributed by atoms with E-state index in [9.17, 15) is 0 Å². The van der Waals surface area contributed by atoms with Gasteiger partial charge in [0.2, 0.25) is 0 Å². The molecule has 0 spiro atoms. The van der Waals surface area contributed by atoms with E-state index in [4.69, 9.17) is 0 Å². The normalized spacial score (nSPS) is 11.8. The van der Waals surface area contributed by atoms with Gasteiger partial charge in [-0.15, -0.1) is 0 Å². The van der Waals surface area contributed by atoms with Gasteiger partial charge in [0.15, 0.2) is 0 Å². The van der Waals surface area contributed by atoms with E-state index in [1.165, 1.54) is 70.6 Å². The topological polar surface area (TPSA) is 0 Å². The van der Waals surface area contributed by atoms with Crippen LogP contribution in [0.3, 0.4) is 0 Å². The molecule has 0 heterocycles. The molecule has 0 radical (unpaired) electrons. The van der Waals surface area contributed by atoms with E-state index in [-0.39, 0.29) is 0 Å². The molecule has 0 saturated heterocycles. The molecule has 0 aromatic rings. The maximum atomic E-state index is 2.40. The Kier molecular flexibility index (Phi) is 13.6. The fraction of sp³-hybridized carbons (Fsp3) is 0.882. The monoisotopic (exact) mass is 238 g/mol. The molecule has 0 heteroatoms. The van der Waals surface area contributed by atoms with Gasteiger partial charge >= 0.3 is 0 Å². The van der Waals surface area contributed by atoms with Crippen molar-refractivity contribution in [2.75, 3.05) is 0 Å². The molecule has 0 saturated carbocycles. The Hall–Kier alpha value is -0.260. The SMILES string of the molecule is CCCCCC/C=C/CCCCCCC(C)C. The lowest BCUT2D eigenvalue weighted by atomic mass is 10.0. The first-order valence-electron chi connectivity index (χ1n) is 7.92. The highest BCUT2D eigenvalue weighted by Crippen LogP contribution is 2.11. The molecule has 0 bridgehead atoms. The Bertz CT molecular complexity index is 155. The number of unbranched alkanes of at least 4 members (excludes halogenated alkanes) is 8. The van der Waals surface area contributed by atoms with Crippen LogP contribution in [0.4, 0.5) is 0 Å². The standard InChI is InChI=1S/C17H34/c1-4-5-6-7-8-9-10-11-12-13-14-15-16-17(2)3/h9-10,17H,4-8,11-16H2,1-3H3/b10-9+. The highest BCUT2D eigenvalue weighted by atomic mass is 14.0. The van der Waals surface area contributed by atoms with Crippen LogP contribution < -0.4 is 0 Å². The number of allylic oxidation sites excluding steroid dienone is 2. The molecule has 0 aromatic heterocycles. The predicted molar refractivity (Wildman–Crippen MR) is 80.4 cm³/mol. The predicted octanol–water partition coefficient (Wildman–Crippen LogP) is 6.51. The summed E-state index contributed by atoms with van der Waals surface area (Å²) in [7, 11) is 0. The van der Waals surface area contributed by atoms with Crippen molar-refractivity contribution in [3.63, 3.8) is 0 Å². The van der Waals surface area contributed by atoms with Gasteiger partial charge in [0.05, 0.1) is 0 Å². The summed E-state index contributed by atoms with van der Waals surface area (Å²) in [6, 6.07) is 0. The van der Waals surface area contributed by atoms with Crippen LogP contribution in [0.5, 0.6) is 0 Å². The summed E-state index contributed by atoms with van der Waals surface area (Å²) in [6.45, 7) is 6.91. The summed E-state index contributed by atoms with van der Waals surface area (Å²) in [6.07, 6.45) is 20.0. The first-order chi connectivity index (χ1) is 8.27. The number of hydrogen-bond acceptors (Lipinski definition) is 0. The largest absolute Gasteiger partial charge is 0.0885 e. The Morgan fingerprint density at radius 1 is 0.706 bits per heavy atom. The summed E-state index contributed by atoms with van der Waals surface area (Å²) >= 11 is 0. The molecule has 0 fully saturated rings. The van der Waals surface area contributed by atoms with Gasteiger partial charge in [-0.25, -0.2) is 0 Å². The molecule has 17 heavy (non-hydrogen) atoms. The third kappa shape index (κ3) is 15.7. The van der Waals surface area contributed by atoms with E-state index in [1.54, 1.807) is 0 Å². The second-order valence-electron chi connectivity index (χ2n) is 5.71. The van der Waals surface area contributed by atoms with Crippen LogP contribution in [0.1, 0.15) is 91.4 Å². The van der Waals surface area contributed by atoms with Crippen molar-refractivity contribution >= 4 is 0 Å². The third-order valence-electron chi connectivity index (χ3n) is 3.29. The molecule has 0 aliphatic rings. The summed E-state index contributed by atoms with van der Waals surface area (Å²) in [5, 5.41) is 0. The average molecular weight is 238 g/mol. The van der Waals surface area contributed by atoms with Crippen molar-refractivity contribution in [3.05, 3.63) is 12.2 Å². The summed E-state index contributed by atoms with van der Waals surface area (Å²) in [5.74, 6) is 0.887. The molecule has 0 amide bonds.